The van der Waals surface area contributed by atoms with Gasteiger partial charge in [0.15, 0.2) is 0 Å². The number of rotatable bonds is 7. The molecule has 0 amide bonds. The zero-order valence-electron chi connectivity index (χ0n) is 8.68. The maximum absolute atomic E-state index is 11.1. The molecule has 1 aliphatic heterocycles. The quantitative estimate of drug-likeness (QED) is 0.386. The van der Waals surface area contributed by atoms with E-state index in [2.05, 4.69) is 31.9 Å². The van der Waals surface area contributed by atoms with E-state index in [9.17, 15) is 4.79 Å². The summed E-state index contributed by atoms with van der Waals surface area (Å²) in [4.78, 5) is 11.1. The van der Waals surface area contributed by atoms with Crippen LogP contribution < -0.4 is 0 Å². The molecule has 0 radical (unpaired) electrons. The van der Waals surface area contributed by atoms with E-state index < -0.39 is 6.29 Å². The molecule has 1 atom stereocenters. The van der Waals surface area contributed by atoms with Gasteiger partial charge in [0.05, 0.1) is 11.1 Å². The fourth-order valence-electron chi connectivity index (χ4n) is 1.25. The van der Waals surface area contributed by atoms with Crippen molar-refractivity contribution in [2.45, 2.75) is 32.0 Å². The number of halogens is 3. The second-order valence-electron chi connectivity index (χ2n) is 3.37. The Morgan fingerprint density at radius 1 is 1.25 bits per heavy atom. The number of esters is 1. The number of alkyl halides is 1. The van der Waals surface area contributed by atoms with Crippen LogP contribution >= 0.6 is 43.5 Å². The molecule has 0 N–H and O–H groups in total. The molecule has 16 heavy (non-hydrogen) atoms. The van der Waals surface area contributed by atoms with Crippen LogP contribution in [-0.4, -0.2) is 24.7 Å². The van der Waals surface area contributed by atoms with Crippen LogP contribution in [0.25, 0.3) is 0 Å². The highest BCUT2D eigenvalue weighted by atomic mass is 79.9. The molecule has 92 valence electrons. The van der Waals surface area contributed by atoms with Crippen molar-refractivity contribution in [1.82, 2.24) is 0 Å². The zero-order valence-corrected chi connectivity index (χ0v) is 12.6. The minimum atomic E-state index is -0.588. The molecule has 1 heterocycles. The summed E-state index contributed by atoms with van der Waals surface area (Å²) in [7, 11) is 0. The van der Waals surface area contributed by atoms with Gasteiger partial charge in [-0.25, -0.2) is 4.79 Å². The van der Waals surface area contributed by atoms with Gasteiger partial charge in [-0.1, -0.05) is 12.8 Å². The van der Waals surface area contributed by atoms with E-state index in [0.29, 0.717) is 21.5 Å². The molecule has 0 saturated heterocycles. The number of unbranched alkanes of at least 4 members (excludes halogenated alkanes) is 3. The molecule has 0 saturated carbocycles. The van der Waals surface area contributed by atoms with Crippen LogP contribution in [0.5, 0.6) is 0 Å². The summed E-state index contributed by atoms with van der Waals surface area (Å²) in [6.07, 6.45) is 3.58. The predicted octanol–water partition coefficient (Wildman–Crippen LogP) is 3.69. The number of hydrogen-bond donors (Lipinski definition) is 0. The second kappa shape index (κ2) is 7.69. The highest BCUT2D eigenvalue weighted by molar-refractivity contribution is 9.14. The Balaban J connectivity index is 2.13. The van der Waals surface area contributed by atoms with Crippen LogP contribution in [0.4, 0.5) is 0 Å². The van der Waals surface area contributed by atoms with Crippen LogP contribution in [-0.2, 0) is 14.3 Å². The number of carbonyl (C=O) groups excluding carboxylic acids is 1. The van der Waals surface area contributed by atoms with Gasteiger partial charge >= 0.3 is 5.97 Å². The average Bonchev–Trinajstić information content (AvgIpc) is 2.51. The topological polar surface area (TPSA) is 35.5 Å². The first-order valence-electron chi connectivity index (χ1n) is 5.10. The van der Waals surface area contributed by atoms with Crippen molar-refractivity contribution in [2.75, 3.05) is 12.5 Å². The van der Waals surface area contributed by atoms with E-state index in [-0.39, 0.29) is 5.97 Å². The van der Waals surface area contributed by atoms with Crippen LogP contribution in [0.3, 0.4) is 0 Å². The lowest BCUT2D eigenvalue weighted by molar-refractivity contribution is -0.158. The molecule has 0 aromatic rings. The molecule has 0 aromatic heterocycles. The highest BCUT2D eigenvalue weighted by Crippen LogP contribution is 2.32. The number of cyclic esters (lactones) is 1. The van der Waals surface area contributed by atoms with Crippen molar-refractivity contribution in [3.63, 3.8) is 0 Å². The van der Waals surface area contributed by atoms with Gasteiger partial charge in [-0.05, 0) is 44.7 Å². The minimum absolute atomic E-state index is 0.390. The number of carbonyl (C=O) groups is 1. The van der Waals surface area contributed by atoms with Gasteiger partial charge in [0.25, 0.3) is 0 Å². The first kappa shape index (κ1) is 14.5. The van der Waals surface area contributed by atoms with Crippen molar-refractivity contribution < 1.29 is 14.3 Å². The summed E-state index contributed by atoms with van der Waals surface area (Å²) in [6, 6.07) is 0. The molecule has 0 aromatic carbocycles. The van der Waals surface area contributed by atoms with Crippen LogP contribution in [0.15, 0.2) is 8.96 Å². The lowest BCUT2D eigenvalue weighted by Gasteiger charge is -2.11. The van der Waals surface area contributed by atoms with E-state index in [1.807, 2.05) is 0 Å². The van der Waals surface area contributed by atoms with E-state index in [1.165, 1.54) is 0 Å². The number of ether oxygens (including phenoxy) is 2. The molecule has 1 unspecified atom stereocenters. The Morgan fingerprint density at radius 3 is 2.50 bits per heavy atom. The maximum atomic E-state index is 11.1. The van der Waals surface area contributed by atoms with E-state index in [0.717, 1.165) is 25.7 Å². The number of hydrogen-bond acceptors (Lipinski definition) is 3. The Bertz CT molecular complexity index is 281. The third kappa shape index (κ3) is 4.35. The molecule has 3 nitrogen and oxygen atoms in total. The maximum Gasteiger partial charge on any atom is 0.348 e. The minimum Gasteiger partial charge on any atom is -0.427 e. The summed E-state index contributed by atoms with van der Waals surface area (Å²) >= 11 is 11.9. The van der Waals surface area contributed by atoms with Crippen molar-refractivity contribution in [3.8, 4) is 0 Å². The van der Waals surface area contributed by atoms with E-state index >= 15 is 0 Å². The molecule has 0 bridgehead atoms. The van der Waals surface area contributed by atoms with Crippen molar-refractivity contribution in [3.05, 3.63) is 8.96 Å². The Morgan fingerprint density at radius 2 is 1.94 bits per heavy atom. The third-order valence-corrected chi connectivity index (χ3v) is 4.43. The van der Waals surface area contributed by atoms with Gasteiger partial charge in [-0.3, -0.25) is 0 Å². The van der Waals surface area contributed by atoms with Crippen LogP contribution in [0.1, 0.15) is 25.7 Å². The standard InChI is InChI=1S/C10H13Br2ClO3/c11-7-8(12)10(16-9(7)14)15-6-4-2-1-3-5-13/h10H,1-6H2. The fraction of sp³-hybridized carbons (Fsp3) is 0.700. The summed E-state index contributed by atoms with van der Waals surface area (Å²) in [6.45, 7) is 0.579. The molecule has 1 rings (SSSR count). The Labute approximate surface area is 117 Å². The smallest absolute Gasteiger partial charge is 0.348 e. The normalized spacial score (nSPS) is 20.4. The lowest BCUT2D eigenvalue weighted by Crippen LogP contribution is -2.15. The summed E-state index contributed by atoms with van der Waals surface area (Å²) in [5, 5.41) is 0. The molecular formula is C10H13Br2ClO3. The molecule has 6 heteroatoms. The molecule has 1 aliphatic rings. The monoisotopic (exact) mass is 374 g/mol. The van der Waals surface area contributed by atoms with Crippen molar-refractivity contribution in [1.29, 1.82) is 0 Å². The van der Waals surface area contributed by atoms with E-state index in [1.54, 1.807) is 0 Å². The van der Waals surface area contributed by atoms with E-state index in [4.69, 9.17) is 21.1 Å². The van der Waals surface area contributed by atoms with Gasteiger partial charge in [-0.2, -0.15) is 0 Å². The molecule has 0 spiro atoms. The summed E-state index contributed by atoms with van der Waals surface area (Å²) < 4.78 is 11.4. The van der Waals surface area contributed by atoms with Crippen LogP contribution in [0, 0.1) is 0 Å². The predicted molar refractivity (Wildman–Crippen MR) is 69.9 cm³/mol. The van der Waals surface area contributed by atoms with Crippen molar-refractivity contribution in [2.24, 2.45) is 0 Å². The van der Waals surface area contributed by atoms with Gasteiger partial charge in [0.2, 0.25) is 6.29 Å². The second-order valence-corrected chi connectivity index (χ2v) is 5.40. The largest absolute Gasteiger partial charge is 0.427 e. The zero-order chi connectivity index (χ0) is 12.0. The SMILES string of the molecule is O=C1OC(OCCCCCCCl)C(Br)=C1Br. The molecule has 0 fully saturated rings. The van der Waals surface area contributed by atoms with Gasteiger partial charge in [-0.15, -0.1) is 11.6 Å². The van der Waals surface area contributed by atoms with Gasteiger partial charge in [0, 0.05) is 5.88 Å². The van der Waals surface area contributed by atoms with Gasteiger partial charge < -0.3 is 9.47 Å². The first-order valence-corrected chi connectivity index (χ1v) is 7.22. The Kier molecular flexibility index (Phi) is 6.96. The Hall–Kier alpha value is 0.420. The lowest BCUT2D eigenvalue weighted by atomic mass is 10.2. The van der Waals surface area contributed by atoms with Gasteiger partial charge in [0.1, 0.15) is 4.48 Å². The first-order chi connectivity index (χ1) is 7.66. The summed E-state index contributed by atoms with van der Waals surface area (Å²) in [5.74, 6) is 0.321. The highest BCUT2D eigenvalue weighted by Gasteiger charge is 2.31. The third-order valence-electron chi connectivity index (χ3n) is 2.11. The summed E-state index contributed by atoms with van der Waals surface area (Å²) in [5.41, 5.74) is 0. The fourth-order valence-corrected chi connectivity index (χ4v) is 2.11. The van der Waals surface area contributed by atoms with Crippen LogP contribution in [0.2, 0.25) is 0 Å². The average molecular weight is 376 g/mol. The molecular weight excluding hydrogens is 363 g/mol. The van der Waals surface area contributed by atoms with Crippen molar-refractivity contribution >= 4 is 49.4 Å². The molecule has 0 aliphatic carbocycles.